The maximum Gasteiger partial charge on any atom is 0.262 e. The molecule has 0 aromatic heterocycles. The standard InChI is InChI=1S/C22H21ClFN3O4/c1-13(2)26(11-18(28)25-10-14-6-5-9-17(23)20(14)24)19(29)12-27-21(30)15-7-3-4-8-16(15)22(27)31/h3-9,13H,10-12H2,1-2H3,(H,25,28). The summed E-state index contributed by atoms with van der Waals surface area (Å²) in [5.41, 5.74) is 0.713. The summed E-state index contributed by atoms with van der Waals surface area (Å²) in [5, 5.41) is 2.50. The van der Waals surface area contributed by atoms with Crippen molar-refractivity contribution in [2.75, 3.05) is 13.1 Å². The van der Waals surface area contributed by atoms with E-state index in [4.69, 9.17) is 11.6 Å². The first-order chi connectivity index (χ1) is 14.7. The Hall–Kier alpha value is -3.26. The number of nitrogens with zero attached hydrogens (tertiary/aromatic N) is 2. The number of benzene rings is 2. The van der Waals surface area contributed by atoms with Gasteiger partial charge in [-0.2, -0.15) is 0 Å². The molecule has 2 aromatic rings. The molecule has 1 heterocycles. The molecule has 31 heavy (non-hydrogen) atoms. The third-order valence-corrected chi connectivity index (χ3v) is 5.23. The van der Waals surface area contributed by atoms with Gasteiger partial charge in [0.2, 0.25) is 11.8 Å². The van der Waals surface area contributed by atoms with Crippen molar-refractivity contribution in [2.24, 2.45) is 0 Å². The second kappa shape index (κ2) is 9.26. The lowest BCUT2D eigenvalue weighted by Crippen LogP contribution is -2.49. The predicted octanol–water partition coefficient (Wildman–Crippen LogP) is 2.63. The molecule has 9 heteroatoms. The van der Waals surface area contributed by atoms with Crippen LogP contribution in [0, 0.1) is 5.82 Å². The summed E-state index contributed by atoms with van der Waals surface area (Å²) in [6, 6.07) is 10.4. The van der Waals surface area contributed by atoms with Crippen molar-refractivity contribution in [2.45, 2.75) is 26.4 Å². The molecule has 0 aliphatic carbocycles. The summed E-state index contributed by atoms with van der Waals surface area (Å²) in [7, 11) is 0. The second-order valence-electron chi connectivity index (χ2n) is 7.35. The van der Waals surface area contributed by atoms with E-state index >= 15 is 0 Å². The Morgan fingerprint density at radius 1 is 1.06 bits per heavy atom. The van der Waals surface area contributed by atoms with Crippen molar-refractivity contribution in [1.29, 1.82) is 0 Å². The van der Waals surface area contributed by atoms with Gasteiger partial charge in [0.15, 0.2) is 0 Å². The van der Waals surface area contributed by atoms with Crippen LogP contribution in [-0.4, -0.2) is 52.6 Å². The Kier molecular flexibility index (Phi) is 6.70. The lowest BCUT2D eigenvalue weighted by molar-refractivity contribution is -0.138. The molecular formula is C22H21ClFN3O4. The first kappa shape index (κ1) is 22.4. The zero-order chi connectivity index (χ0) is 22.7. The molecule has 0 spiro atoms. The van der Waals surface area contributed by atoms with Gasteiger partial charge < -0.3 is 10.2 Å². The molecule has 0 unspecified atom stereocenters. The summed E-state index contributed by atoms with van der Waals surface area (Å²) in [4.78, 5) is 52.3. The third kappa shape index (κ3) is 4.74. The minimum atomic E-state index is -0.619. The molecule has 1 aliphatic heterocycles. The second-order valence-corrected chi connectivity index (χ2v) is 7.75. The normalized spacial score (nSPS) is 12.9. The van der Waals surface area contributed by atoms with Crippen molar-refractivity contribution in [1.82, 2.24) is 15.1 Å². The number of imide groups is 1. The number of halogens is 2. The van der Waals surface area contributed by atoms with Gasteiger partial charge in [-0.15, -0.1) is 0 Å². The van der Waals surface area contributed by atoms with Crippen LogP contribution < -0.4 is 5.32 Å². The Morgan fingerprint density at radius 3 is 2.26 bits per heavy atom. The van der Waals surface area contributed by atoms with Gasteiger partial charge in [0.25, 0.3) is 11.8 Å². The fourth-order valence-electron chi connectivity index (χ4n) is 3.26. The smallest absolute Gasteiger partial charge is 0.262 e. The van der Waals surface area contributed by atoms with Gasteiger partial charge in [-0.05, 0) is 32.0 Å². The highest BCUT2D eigenvalue weighted by Gasteiger charge is 2.37. The molecule has 1 N–H and O–H groups in total. The van der Waals surface area contributed by atoms with Crippen molar-refractivity contribution >= 4 is 35.2 Å². The molecular weight excluding hydrogens is 425 g/mol. The minimum absolute atomic E-state index is 0.0494. The number of nitrogens with one attached hydrogen (secondary N) is 1. The molecule has 1 aliphatic rings. The first-order valence-electron chi connectivity index (χ1n) is 9.65. The Labute approximate surface area is 183 Å². The Bertz CT molecular complexity index is 1020. The van der Waals surface area contributed by atoms with Crippen LogP contribution in [0.15, 0.2) is 42.5 Å². The van der Waals surface area contributed by atoms with Gasteiger partial charge in [-0.3, -0.25) is 24.1 Å². The molecule has 0 saturated carbocycles. The first-order valence-corrected chi connectivity index (χ1v) is 10.0. The van der Waals surface area contributed by atoms with E-state index < -0.39 is 36.0 Å². The Balaban J connectivity index is 1.63. The monoisotopic (exact) mass is 445 g/mol. The molecule has 0 bridgehead atoms. The number of rotatable bonds is 7. The summed E-state index contributed by atoms with van der Waals surface area (Å²) in [6.45, 7) is 2.56. The molecule has 2 aromatic carbocycles. The lowest BCUT2D eigenvalue weighted by Gasteiger charge is -2.27. The highest BCUT2D eigenvalue weighted by molar-refractivity contribution is 6.30. The van der Waals surface area contributed by atoms with Crippen LogP contribution in [0.5, 0.6) is 0 Å². The third-order valence-electron chi connectivity index (χ3n) is 4.94. The van der Waals surface area contributed by atoms with Gasteiger partial charge in [0, 0.05) is 18.2 Å². The fourth-order valence-corrected chi connectivity index (χ4v) is 3.45. The number of carbonyl (C=O) groups is 4. The van der Waals surface area contributed by atoms with Crippen LogP contribution in [0.25, 0.3) is 0 Å². The van der Waals surface area contributed by atoms with Crippen molar-refractivity contribution in [3.63, 3.8) is 0 Å². The molecule has 162 valence electrons. The SMILES string of the molecule is CC(C)N(CC(=O)NCc1cccc(Cl)c1F)C(=O)CN1C(=O)c2ccccc2C1=O. The van der Waals surface area contributed by atoms with E-state index in [9.17, 15) is 23.6 Å². The van der Waals surface area contributed by atoms with Crippen LogP contribution in [0.4, 0.5) is 4.39 Å². The predicted molar refractivity (Wildman–Crippen MR) is 112 cm³/mol. The van der Waals surface area contributed by atoms with Gasteiger partial charge >= 0.3 is 0 Å². The van der Waals surface area contributed by atoms with Crippen LogP contribution in [0.2, 0.25) is 5.02 Å². The average molecular weight is 446 g/mol. The molecule has 0 saturated heterocycles. The summed E-state index contributed by atoms with van der Waals surface area (Å²) in [6.07, 6.45) is 0. The molecule has 0 radical (unpaired) electrons. The summed E-state index contributed by atoms with van der Waals surface area (Å²) >= 11 is 5.73. The van der Waals surface area contributed by atoms with Gasteiger partial charge in [-0.25, -0.2) is 4.39 Å². The van der Waals surface area contributed by atoms with Crippen LogP contribution in [0.3, 0.4) is 0 Å². The number of hydrogen-bond donors (Lipinski definition) is 1. The largest absolute Gasteiger partial charge is 0.350 e. The minimum Gasteiger partial charge on any atom is -0.350 e. The highest BCUT2D eigenvalue weighted by atomic mass is 35.5. The van der Waals surface area contributed by atoms with E-state index in [0.29, 0.717) is 0 Å². The number of fused-ring (bicyclic) bond motifs is 1. The van der Waals surface area contributed by atoms with Crippen molar-refractivity contribution in [3.05, 3.63) is 70.0 Å². The quantitative estimate of drug-likeness (QED) is 0.664. The average Bonchev–Trinajstić information content (AvgIpc) is 2.98. The van der Waals surface area contributed by atoms with Crippen molar-refractivity contribution in [3.8, 4) is 0 Å². The van der Waals surface area contributed by atoms with E-state index in [1.807, 2.05) is 0 Å². The maximum atomic E-state index is 14.0. The number of hydrogen-bond acceptors (Lipinski definition) is 4. The molecule has 0 atom stereocenters. The molecule has 4 amide bonds. The fraction of sp³-hybridized carbons (Fsp3) is 0.273. The van der Waals surface area contributed by atoms with E-state index in [1.54, 1.807) is 32.0 Å². The van der Waals surface area contributed by atoms with E-state index in [1.165, 1.54) is 29.2 Å². The van der Waals surface area contributed by atoms with Crippen LogP contribution in [0.1, 0.15) is 40.1 Å². The summed E-state index contributed by atoms with van der Waals surface area (Å²) in [5.74, 6) is -2.76. The molecule has 7 nitrogen and oxygen atoms in total. The zero-order valence-corrected chi connectivity index (χ0v) is 17.8. The number of carbonyl (C=O) groups excluding carboxylic acids is 4. The van der Waals surface area contributed by atoms with Gasteiger partial charge in [0.05, 0.1) is 22.7 Å². The highest BCUT2D eigenvalue weighted by Crippen LogP contribution is 2.22. The van der Waals surface area contributed by atoms with E-state index in [-0.39, 0.29) is 40.8 Å². The van der Waals surface area contributed by atoms with Gasteiger partial charge in [-0.1, -0.05) is 35.9 Å². The van der Waals surface area contributed by atoms with Crippen LogP contribution in [-0.2, 0) is 16.1 Å². The number of amides is 4. The molecule has 0 fully saturated rings. The Morgan fingerprint density at radius 2 is 1.68 bits per heavy atom. The maximum absolute atomic E-state index is 14.0. The van der Waals surface area contributed by atoms with Crippen LogP contribution >= 0.6 is 11.6 Å². The van der Waals surface area contributed by atoms with Gasteiger partial charge in [0.1, 0.15) is 12.4 Å². The molecule has 3 rings (SSSR count). The van der Waals surface area contributed by atoms with E-state index in [2.05, 4.69) is 5.32 Å². The lowest BCUT2D eigenvalue weighted by atomic mass is 10.1. The zero-order valence-electron chi connectivity index (χ0n) is 17.0. The summed E-state index contributed by atoms with van der Waals surface area (Å²) < 4.78 is 14.0. The van der Waals surface area contributed by atoms with E-state index in [0.717, 1.165) is 4.90 Å². The van der Waals surface area contributed by atoms with Crippen molar-refractivity contribution < 1.29 is 23.6 Å². The topological polar surface area (TPSA) is 86.8 Å².